The second-order valence-corrected chi connectivity index (χ2v) is 5.91. The van der Waals surface area contributed by atoms with E-state index >= 15 is 0 Å². The molecule has 2 aliphatic heterocycles. The SMILES string of the molecule is C1=Cc2cc3ccc(cc4ccc(cc5[15n]c(cc1n2)C=C5)[nH]4)[15nH]3. The van der Waals surface area contributed by atoms with Crippen molar-refractivity contribution in [1.29, 1.82) is 0 Å². The Morgan fingerprint density at radius 2 is 0.833 bits per heavy atom. The lowest BCUT2D eigenvalue weighted by Gasteiger charge is -1.86. The summed E-state index contributed by atoms with van der Waals surface area (Å²) in [6, 6.07) is 16.4. The number of H-pyrrole nitrogens is 2. The fourth-order valence-corrected chi connectivity index (χ4v) is 2.94. The van der Waals surface area contributed by atoms with Crippen molar-refractivity contribution in [2.45, 2.75) is 0 Å². The van der Waals surface area contributed by atoms with Crippen LogP contribution in [0.4, 0.5) is 0 Å². The van der Waals surface area contributed by atoms with Crippen LogP contribution in [0.5, 0.6) is 0 Å². The third kappa shape index (κ3) is 2.44. The molecule has 0 saturated heterocycles. The minimum absolute atomic E-state index is 0.915. The molecule has 0 amide bonds. The molecule has 0 saturated carbocycles. The summed E-state index contributed by atoms with van der Waals surface area (Å²) in [7, 11) is 0. The third-order valence-electron chi connectivity index (χ3n) is 4.04. The molecule has 0 unspecified atom stereocenters. The van der Waals surface area contributed by atoms with Crippen molar-refractivity contribution in [3.05, 3.63) is 71.3 Å². The standard InChI is InChI=1S/C20H14N4/c1-2-14-10-16-5-6-18(23-16)12-20-8-7-19(24-20)11-17-4-3-15(22-17)9-13(1)21-14/h1-12,21-22H/i21+1,24+1. The quantitative estimate of drug-likeness (QED) is 0.437. The number of nitrogens with one attached hydrogen (secondary N) is 2. The van der Waals surface area contributed by atoms with E-state index in [2.05, 4.69) is 50.3 Å². The molecular formula is C20H14N4. The highest BCUT2D eigenvalue weighted by atomic mass is 15.5. The molecule has 4 heteroatoms. The van der Waals surface area contributed by atoms with Crippen molar-refractivity contribution in [2.24, 2.45) is 0 Å². The molecule has 5 heterocycles. The first-order valence-electron chi connectivity index (χ1n) is 7.85. The van der Waals surface area contributed by atoms with Gasteiger partial charge in [0.25, 0.3) is 0 Å². The largest absolute Gasteiger partial charge is 0.355 e. The predicted molar refractivity (Wildman–Crippen MR) is 98.9 cm³/mol. The van der Waals surface area contributed by atoms with Gasteiger partial charge in [0, 0.05) is 22.1 Å². The van der Waals surface area contributed by atoms with Gasteiger partial charge in [-0.1, -0.05) is 0 Å². The highest BCUT2D eigenvalue weighted by Gasteiger charge is 2.02. The van der Waals surface area contributed by atoms with Gasteiger partial charge in [-0.05, 0) is 72.8 Å². The van der Waals surface area contributed by atoms with E-state index in [-0.39, 0.29) is 0 Å². The van der Waals surface area contributed by atoms with Crippen molar-refractivity contribution >= 4 is 46.4 Å². The molecule has 3 aromatic rings. The van der Waals surface area contributed by atoms with Crippen LogP contribution in [0.3, 0.4) is 0 Å². The summed E-state index contributed by atoms with van der Waals surface area (Å²) in [5, 5.41) is 0. The average molecular weight is 312 g/mol. The number of fused-ring (bicyclic) bond motifs is 8. The number of hydrogen-bond donors (Lipinski definition) is 2. The molecule has 8 bridgehead atoms. The molecule has 0 aliphatic carbocycles. The van der Waals surface area contributed by atoms with Gasteiger partial charge in [-0.15, -0.1) is 0 Å². The molecule has 4 nitrogen and oxygen atoms in total. The van der Waals surface area contributed by atoms with Crippen molar-refractivity contribution in [3.8, 4) is 0 Å². The monoisotopic (exact) mass is 312 g/mol. The zero-order valence-corrected chi connectivity index (χ0v) is 12.8. The van der Waals surface area contributed by atoms with E-state index in [1.54, 1.807) is 0 Å². The van der Waals surface area contributed by atoms with Crippen LogP contribution in [0.15, 0.2) is 48.5 Å². The zero-order chi connectivity index (χ0) is 15.9. The number of rotatable bonds is 0. The first-order chi connectivity index (χ1) is 11.8. The lowest BCUT2D eigenvalue weighted by Crippen LogP contribution is -1.77. The smallest absolute Gasteiger partial charge is 0.0659 e. The minimum atomic E-state index is 0.915. The van der Waals surface area contributed by atoms with Crippen LogP contribution in [0, 0.1) is 0 Å². The number of aromatic nitrogens is 4. The number of hydrogen-bond acceptors (Lipinski definition) is 2. The molecule has 5 rings (SSSR count). The van der Waals surface area contributed by atoms with Crippen molar-refractivity contribution in [2.75, 3.05) is 0 Å². The number of nitrogens with zero attached hydrogens (tertiary/aromatic N) is 2. The van der Waals surface area contributed by atoms with Crippen LogP contribution in [-0.4, -0.2) is 19.9 Å². The topological polar surface area (TPSA) is 57.4 Å². The molecule has 0 fully saturated rings. The Kier molecular flexibility index (Phi) is 2.76. The Morgan fingerprint density at radius 1 is 0.458 bits per heavy atom. The maximum atomic E-state index is 4.62. The lowest BCUT2D eigenvalue weighted by atomic mass is 10.3. The maximum Gasteiger partial charge on any atom is 0.0659 e. The minimum Gasteiger partial charge on any atom is -0.355 e. The average Bonchev–Trinajstić information content (AvgIpc) is 3.32. The van der Waals surface area contributed by atoms with Crippen molar-refractivity contribution in [3.63, 3.8) is 0 Å². The summed E-state index contributed by atoms with van der Waals surface area (Å²) >= 11 is 0. The van der Waals surface area contributed by atoms with Gasteiger partial charge in [0.15, 0.2) is 0 Å². The van der Waals surface area contributed by atoms with Gasteiger partial charge in [-0.25, -0.2) is 9.97 Å². The molecular weight excluding hydrogens is 298 g/mol. The molecule has 0 radical (unpaired) electrons. The molecule has 24 heavy (non-hydrogen) atoms. The van der Waals surface area contributed by atoms with Crippen LogP contribution in [0.25, 0.3) is 46.4 Å². The van der Waals surface area contributed by atoms with Gasteiger partial charge in [0.2, 0.25) is 0 Å². The number of aromatic amines is 2. The summed E-state index contributed by atoms with van der Waals surface area (Å²) in [4.78, 5) is 16.0. The highest BCUT2D eigenvalue weighted by molar-refractivity contribution is 5.77. The van der Waals surface area contributed by atoms with Crippen LogP contribution in [0.1, 0.15) is 22.8 Å². The molecule has 2 aliphatic rings. The van der Waals surface area contributed by atoms with E-state index in [1.807, 2.05) is 42.5 Å². The summed E-state index contributed by atoms with van der Waals surface area (Å²) in [5.41, 5.74) is 7.86. The molecule has 0 atom stereocenters. The van der Waals surface area contributed by atoms with Crippen molar-refractivity contribution < 1.29 is 0 Å². The fourth-order valence-electron chi connectivity index (χ4n) is 2.94. The Morgan fingerprint density at radius 3 is 1.29 bits per heavy atom. The van der Waals surface area contributed by atoms with E-state index in [0.29, 0.717) is 0 Å². The summed E-state index contributed by atoms with van der Waals surface area (Å²) in [6.07, 6.45) is 8.05. The third-order valence-corrected chi connectivity index (χ3v) is 4.04. The Bertz CT molecular complexity index is 1070. The van der Waals surface area contributed by atoms with Crippen LogP contribution in [-0.2, 0) is 0 Å². The predicted octanol–water partition coefficient (Wildman–Crippen LogP) is 4.66. The van der Waals surface area contributed by atoms with E-state index in [4.69, 9.17) is 0 Å². The molecule has 2 N–H and O–H groups in total. The van der Waals surface area contributed by atoms with Crippen LogP contribution >= 0.6 is 0 Å². The molecule has 114 valence electrons. The normalized spacial score (nSPS) is 12.7. The summed E-state index contributed by atoms with van der Waals surface area (Å²) < 4.78 is 0. The van der Waals surface area contributed by atoms with Gasteiger partial charge in [0.1, 0.15) is 0 Å². The van der Waals surface area contributed by atoms with Crippen LogP contribution in [0.2, 0.25) is 0 Å². The van der Waals surface area contributed by atoms with Gasteiger partial charge < -0.3 is 9.97 Å². The summed E-state index contributed by atoms with van der Waals surface area (Å²) in [5.74, 6) is 0. The van der Waals surface area contributed by atoms with Crippen LogP contribution < -0.4 is 0 Å². The van der Waals surface area contributed by atoms with E-state index in [0.717, 1.165) is 44.8 Å². The fraction of sp³-hybridized carbons (Fsp3) is 0. The molecule has 0 spiro atoms. The first-order valence-corrected chi connectivity index (χ1v) is 7.85. The second-order valence-electron chi connectivity index (χ2n) is 5.91. The molecule has 3 aromatic heterocycles. The van der Waals surface area contributed by atoms with E-state index in [9.17, 15) is 0 Å². The Labute approximate surface area is 138 Å². The second kappa shape index (κ2) is 5.06. The van der Waals surface area contributed by atoms with Gasteiger partial charge in [0.05, 0.1) is 22.8 Å². The van der Waals surface area contributed by atoms with Gasteiger partial charge >= 0.3 is 0 Å². The van der Waals surface area contributed by atoms with Gasteiger partial charge in [-0.3, -0.25) is 0 Å². The van der Waals surface area contributed by atoms with E-state index in [1.165, 1.54) is 0 Å². The van der Waals surface area contributed by atoms with E-state index < -0.39 is 0 Å². The summed E-state index contributed by atoms with van der Waals surface area (Å²) in [6.45, 7) is 0. The van der Waals surface area contributed by atoms with Gasteiger partial charge in [-0.2, -0.15) is 0 Å². The van der Waals surface area contributed by atoms with Crippen molar-refractivity contribution in [1.82, 2.24) is 19.9 Å². The maximum absolute atomic E-state index is 4.62. The molecule has 0 aromatic carbocycles. The Hall–Kier alpha value is -3.40. The lowest BCUT2D eigenvalue weighted by molar-refractivity contribution is 1.28. The zero-order valence-electron chi connectivity index (χ0n) is 12.8. The Balaban J connectivity index is 1.85. The highest BCUT2D eigenvalue weighted by Crippen LogP contribution is 2.17. The first kappa shape index (κ1) is 13.1.